The first-order valence-electron chi connectivity index (χ1n) is 24.5. The van der Waals surface area contributed by atoms with E-state index in [1.165, 1.54) is 5.56 Å². The Morgan fingerprint density at radius 2 is 1.12 bits per heavy atom. The van der Waals surface area contributed by atoms with Gasteiger partial charge in [0, 0.05) is 28.5 Å². The van der Waals surface area contributed by atoms with Crippen LogP contribution in [0, 0.1) is 0 Å². The van der Waals surface area contributed by atoms with Crippen molar-refractivity contribution >= 4 is 11.0 Å². The van der Waals surface area contributed by atoms with E-state index in [1.807, 2.05) is 65.4 Å². The topological polar surface area (TPSA) is 50.9 Å². The number of rotatable bonds is 7. The minimum Gasteiger partial charge on any atom is -0.507 e. The monoisotopic (exact) mass is 840 g/mol. The lowest BCUT2D eigenvalue weighted by molar-refractivity contribution is 0.446. The lowest BCUT2D eigenvalue weighted by Gasteiger charge is -2.27. The Kier molecular flexibility index (Phi) is 9.26. The molecule has 0 bridgehead atoms. The SMILES string of the molecule is [2H]c1c([2H])c([2H])c(-c2ccccc2-n2c(-c3cc(C(C)(C)C)cc(C(C)(C)C)c3O)nc3c(-c4cc(-c5ccccc5)cc(-c5cc(-c6ccc(C(C)(C)C)cc6)ccn5)c4)cccc32)c([2H])c1[2H]. The zero-order valence-corrected chi connectivity index (χ0v) is 38.1. The molecule has 0 atom stereocenters. The second-order valence-electron chi connectivity index (χ2n) is 19.8. The number of phenolic OH excluding ortho intramolecular Hbond substituents is 1. The molecule has 4 nitrogen and oxygen atoms in total. The van der Waals surface area contributed by atoms with E-state index in [9.17, 15) is 5.11 Å². The van der Waals surface area contributed by atoms with Crippen LogP contribution >= 0.6 is 0 Å². The van der Waals surface area contributed by atoms with Gasteiger partial charge in [0.25, 0.3) is 0 Å². The molecular weight excluding hydrogens is 779 g/mol. The van der Waals surface area contributed by atoms with E-state index >= 15 is 0 Å². The van der Waals surface area contributed by atoms with Crippen LogP contribution in [-0.4, -0.2) is 19.6 Å². The van der Waals surface area contributed by atoms with Gasteiger partial charge in [0.2, 0.25) is 0 Å². The molecule has 0 aliphatic carbocycles. The number of benzene rings is 7. The lowest BCUT2D eigenvalue weighted by atomic mass is 9.79. The number of para-hydroxylation sites is 2. The van der Waals surface area contributed by atoms with Crippen LogP contribution in [0.2, 0.25) is 0 Å². The number of nitrogens with zero attached hydrogens (tertiary/aromatic N) is 3. The van der Waals surface area contributed by atoms with Gasteiger partial charge in [-0.25, -0.2) is 4.98 Å². The molecule has 0 aliphatic heterocycles. The first-order valence-corrected chi connectivity index (χ1v) is 22.0. The average Bonchev–Trinajstić information content (AvgIpc) is 3.71. The standard InChI is InChI=1S/C60H57N3O/c1-58(2,3)46-29-27-40(28-30-46)42-31-32-61-52(36-42)45-34-43(39-19-12-10-13-20-39)33-44(35-45)49-24-18-26-54-55(49)62-57(50-37-47(59(4,5)6)38-51(56(50)64)60(7,8)9)63(54)53-25-17-16-23-48(53)41-21-14-11-15-22-41/h10-38,64H,1-9H3/i11D,14D,15D,21D,22D. The van der Waals surface area contributed by atoms with E-state index in [2.05, 4.69) is 135 Å². The van der Waals surface area contributed by atoms with Gasteiger partial charge in [-0.3, -0.25) is 9.55 Å². The largest absolute Gasteiger partial charge is 0.507 e. The molecule has 0 radical (unpaired) electrons. The summed E-state index contributed by atoms with van der Waals surface area (Å²) in [6.45, 7) is 19.3. The van der Waals surface area contributed by atoms with Crippen LogP contribution < -0.4 is 0 Å². The van der Waals surface area contributed by atoms with Gasteiger partial charge in [0.15, 0.2) is 0 Å². The molecule has 0 fully saturated rings. The highest BCUT2D eigenvalue weighted by Crippen LogP contribution is 2.46. The Morgan fingerprint density at radius 1 is 0.484 bits per heavy atom. The molecule has 64 heavy (non-hydrogen) atoms. The van der Waals surface area contributed by atoms with E-state index in [1.54, 1.807) is 12.1 Å². The van der Waals surface area contributed by atoms with E-state index in [-0.39, 0.29) is 34.2 Å². The van der Waals surface area contributed by atoms with Gasteiger partial charge >= 0.3 is 0 Å². The van der Waals surface area contributed by atoms with Crippen LogP contribution in [0.1, 0.15) is 85.9 Å². The molecule has 2 aromatic heterocycles. The van der Waals surface area contributed by atoms with Gasteiger partial charge in [0.05, 0.1) is 34.8 Å². The fraction of sp³-hybridized carbons (Fsp3) is 0.200. The molecule has 0 saturated carbocycles. The molecule has 1 N–H and O–H groups in total. The lowest BCUT2D eigenvalue weighted by Crippen LogP contribution is -2.17. The Morgan fingerprint density at radius 3 is 1.83 bits per heavy atom. The first kappa shape index (κ1) is 36.4. The Hall–Kier alpha value is -7.04. The third-order valence-electron chi connectivity index (χ3n) is 12.1. The molecule has 2 heterocycles. The molecule has 0 saturated heterocycles. The number of hydrogen-bond donors (Lipinski definition) is 1. The van der Waals surface area contributed by atoms with Gasteiger partial charge in [-0.2, -0.15) is 0 Å². The third-order valence-corrected chi connectivity index (χ3v) is 12.1. The third kappa shape index (κ3) is 8.17. The van der Waals surface area contributed by atoms with Crippen molar-refractivity contribution in [1.29, 1.82) is 0 Å². The number of hydrogen-bond acceptors (Lipinski definition) is 3. The van der Waals surface area contributed by atoms with Crippen molar-refractivity contribution < 1.29 is 12.0 Å². The highest BCUT2D eigenvalue weighted by atomic mass is 16.3. The van der Waals surface area contributed by atoms with Crippen molar-refractivity contribution in [2.75, 3.05) is 0 Å². The summed E-state index contributed by atoms with van der Waals surface area (Å²) in [7, 11) is 0. The summed E-state index contributed by atoms with van der Waals surface area (Å²) in [5.74, 6) is 0.541. The molecule has 9 rings (SSSR count). The number of pyridine rings is 1. The Labute approximate surface area is 386 Å². The summed E-state index contributed by atoms with van der Waals surface area (Å²) in [5.41, 5.74) is 12.9. The minimum atomic E-state index is -0.461. The molecular formula is C60H57N3O. The number of aromatic nitrogens is 3. The van der Waals surface area contributed by atoms with Crippen LogP contribution in [0.25, 0.3) is 83.9 Å². The molecule has 0 amide bonds. The molecule has 0 aliphatic rings. The summed E-state index contributed by atoms with van der Waals surface area (Å²) < 4.78 is 45.8. The highest BCUT2D eigenvalue weighted by Gasteiger charge is 2.29. The van der Waals surface area contributed by atoms with Crippen molar-refractivity contribution in [1.82, 2.24) is 14.5 Å². The van der Waals surface area contributed by atoms with Crippen molar-refractivity contribution in [2.24, 2.45) is 0 Å². The molecule has 0 spiro atoms. The fourth-order valence-corrected chi connectivity index (χ4v) is 8.49. The minimum absolute atomic E-state index is 0.0373. The zero-order chi connectivity index (χ0) is 49.3. The number of fused-ring (bicyclic) bond motifs is 1. The predicted octanol–water partition coefficient (Wildman–Crippen LogP) is 16.0. The Bertz CT molecular complexity index is 3420. The molecule has 7 aromatic carbocycles. The van der Waals surface area contributed by atoms with Gasteiger partial charge in [-0.15, -0.1) is 0 Å². The average molecular weight is 841 g/mol. The maximum absolute atomic E-state index is 12.5. The quantitative estimate of drug-likeness (QED) is 0.174. The number of imidazole rings is 1. The first-order chi connectivity index (χ1) is 32.6. The molecule has 0 unspecified atom stereocenters. The summed E-state index contributed by atoms with van der Waals surface area (Å²) in [5, 5.41) is 12.5. The summed E-state index contributed by atoms with van der Waals surface area (Å²) >= 11 is 0. The van der Waals surface area contributed by atoms with Crippen molar-refractivity contribution in [3.8, 4) is 78.6 Å². The zero-order valence-electron chi connectivity index (χ0n) is 43.1. The van der Waals surface area contributed by atoms with Crippen LogP contribution in [0.5, 0.6) is 5.75 Å². The van der Waals surface area contributed by atoms with Crippen molar-refractivity contribution in [2.45, 2.75) is 78.6 Å². The fourth-order valence-electron chi connectivity index (χ4n) is 8.49. The van der Waals surface area contributed by atoms with Crippen LogP contribution in [-0.2, 0) is 16.2 Å². The number of phenols is 1. The van der Waals surface area contributed by atoms with Crippen LogP contribution in [0.3, 0.4) is 0 Å². The van der Waals surface area contributed by atoms with Gasteiger partial charge in [-0.05, 0) is 109 Å². The highest BCUT2D eigenvalue weighted by molar-refractivity contribution is 5.98. The maximum Gasteiger partial charge on any atom is 0.149 e. The smallest absolute Gasteiger partial charge is 0.149 e. The Balaban J connectivity index is 1.34. The van der Waals surface area contributed by atoms with Gasteiger partial charge in [0.1, 0.15) is 11.6 Å². The second kappa shape index (κ2) is 16.3. The van der Waals surface area contributed by atoms with Gasteiger partial charge < -0.3 is 5.11 Å². The normalized spacial score (nSPS) is 13.3. The summed E-state index contributed by atoms with van der Waals surface area (Å²) in [6, 6.07) is 45.3. The molecule has 318 valence electrons. The van der Waals surface area contributed by atoms with E-state index in [0.29, 0.717) is 33.7 Å². The van der Waals surface area contributed by atoms with Crippen LogP contribution in [0.4, 0.5) is 0 Å². The van der Waals surface area contributed by atoms with E-state index < -0.39 is 23.5 Å². The van der Waals surface area contributed by atoms with E-state index in [0.717, 1.165) is 55.8 Å². The van der Waals surface area contributed by atoms with Gasteiger partial charge in [-0.1, -0.05) is 184 Å². The summed E-state index contributed by atoms with van der Waals surface area (Å²) in [4.78, 5) is 10.5. The van der Waals surface area contributed by atoms with Crippen molar-refractivity contribution in [3.05, 3.63) is 193 Å². The molecule has 9 aromatic rings. The van der Waals surface area contributed by atoms with Crippen molar-refractivity contribution in [3.63, 3.8) is 0 Å². The predicted molar refractivity (Wildman–Crippen MR) is 269 cm³/mol. The van der Waals surface area contributed by atoms with E-state index in [4.69, 9.17) is 16.8 Å². The second-order valence-corrected chi connectivity index (χ2v) is 19.8. The molecule has 4 heteroatoms. The van der Waals surface area contributed by atoms with Crippen LogP contribution in [0.15, 0.2) is 176 Å². The summed E-state index contributed by atoms with van der Waals surface area (Å²) in [6.07, 6.45) is 1.86. The number of aromatic hydroxyl groups is 1. The maximum atomic E-state index is 12.5.